The highest BCUT2D eigenvalue weighted by Crippen LogP contribution is 2.49. The van der Waals surface area contributed by atoms with Crippen LogP contribution in [-0.4, -0.2) is 33.2 Å². The molecule has 4 nitrogen and oxygen atoms in total. The Kier molecular flexibility index (Phi) is 3.63. The number of hydrogen-bond acceptors (Lipinski definition) is 2. The number of rotatable bonds is 4. The van der Waals surface area contributed by atoms with E-state index >= 15 is 0 Å². The largest absolute Gasteiger partial charge is 0.338 e. The van der Waals surface area contributed by atoms with Crippen LogP contribution in [0.4, 0.5) is 4.39 Å². The van der Waals surface area contributed by atoms with Gasteiger partial charge in [0.1, 0.15) is 5.82 Å². The Hall–Kier alpha value is -2.17. The van der Waals surface area contributed by atoms with Gasteiger partial charge in [0.15, 0.2) is 0 Å². The van der Waals surface area contributed by atoms with Gasteiger partial charge >= 0.3 is 0 Å². The van der Waals surface area contributed by atoms with Gasteiger partial charge in [0.05, 0.1) is 12.6 Å². The molecule has 5 heteroatoms. The SMILES string of the molecule is O=C([C@@H]1C[C@H]1c1cccc(F)c1)N1CCC[C@H]1Cn1cccn1. The van der Waals surface area contributed by atoms with E-state index in [0.29, 0.717) is 0 Å². The van der Waals surface area contributed by atoms with Gasteiger partial charge in [0.2, 0.25) is 5.91 Å². The van der Waals surface area contributed by atoms with Crippen LogP contribution in [-0.2, 0) is 11.3 Å². The Morgan fingerprint density at radius 2 is 2.26 bits per heavy atom. The standard InChI is InChI=1S/C18H20FN3O/c19-14-5-1-4-13(10-14)16-11-17(16)18(23)22-9-2-6-15(22)12-21-8-3-7-20-21/h1,3-5,7-8,10,15-17H,2,6,9,11-12H2/t15-,16-,17+/m0/s1. The summed E-state index contributed by atoms with van der Waals surface area (Å²) in [7, 11) is 0. The molecule has 1 aliphatic carbocycles. The third-order valence-corrected chi connectivity index (χ3v) is 5.00. The van der Waals surface area contributed by atoms with Crippen LogP contribution in [0.2, 0.25) is 0 Å². The number of likely N-dealkylation sites (tertiary alicyclic amines) is 1. The Morgan fingerprint density at radius 3 is 3.04 bits per heavy atom. The Labute approximate surface area is 134 Å². The molecule has 0 radical (unpaired) electrons. The van der Waals surface area contributed by atoms with Gasteiger partial charge in [-0.25, -0.2) is 4.39 Å². The molecule has 120 valence electrons. The lowest BCUT2D eigenvalue weighted by atomic mass is 10.1. The van der Waals surface area contributed by atoms with Gasteiger partial charge in [-0.1, -0.05) is 12.1 Å². The quantitative estimate of drug-likeness (QED) is 0.870. The summed E-state index contributed by atoms with van der Waals surface area (Å²) >= 11 is 0. The summed E-state index contributed by atoms with van der Waals surface area (Å²) in [6, 6.07) is 8.79. The molecule has 1 aliphatic heterocycles. The zero-order valence-electron chi connectivity index (χ0n) is 12.9. The highest BCUT2D eigenvalue weighted by atomic mass is 19.1. The van der Waals surface area contributed by atoms with Crippen molar-refractivity contribution >= 4 is 5.91 Å². The fourth-order valence-corrected chi connectivity index (χ4v) is 3.73. The van der Waals surface area contributed by atoms with E-state index in [4.69, 9.17) is 0 Å². The van der Waals surface area contributed by atoms with E-state index in [0.717, 1.165) is 37.9 Å². The molecule has 1 amide bonds. The maximum atomic E-state index is 13.4. The third-order valence-electron chi connectivity index (χ3n) is 5.00. The van der Waals surface area contributed by atoms with Gasteiger partial charge in [-0.05, 0) is 48.9 Å². The summed E-state index contributed by atoms with van der Waals surface area (Å²) in [4.78, 5) is 14.8. The van der Waals surface area contributed by atoms with Crippen molar-refractivity contribution in [2.24, 2.45) is 5.92 Å². The average molecular weight is 313 g/mol. The summed E-state index contributed by atoms with van der Waals surface area (Å²) < 4.78 is 15.2. The third kappa shape index (κ3) is 2.87. The van der Waals surface area contributed by atoms with E-state index in [-0.39, 0.29) is 29.6 Å². The van der Waals surface area contributed by atoms with E-state index in [1.165, 1.54) is 6.07 Å². The molecule has 1 saturated heterocycles. The Balaban J connectivity index is 1.43. The van der Waals surface area contributed by atoms with Gasteiger partial charge in [0, 0.05) is 24.9 Å². The van der Waals surface area contributed by atoms with E-state index in [1.807, 2.05) is 27.9 Å². The van der Waals surface area contributed by atoms with E-state index in [9.17, 15) is 9.18 Å². The lowest BCUT2D eigenvalue weighted by Crippen LogP contribution is -2.39. The number of hydrogen-bond donors (Lipinski definition) is 0. The smallest absolute Gasteiger partial charge is 0.226 e. The van der Waals surface area contributed by atoms with Crippen LogP contribution in [0.1, 0.15) is 30.7 Å². The molecule has 2 fully saturated rings. The normalized spacial score (nSPS) is 26.5. The maximum Gasteiger partial charge on any atom is 0.226 e. The van der Waals surface area contributed by atoms with Gasteiger partial charge < -0.3 is 4.90 Å². The molecule has 4 rings (SSSR count). The van der Waals surface area contributed by atoms with Crippen LogP contribution < -0.4 is 0 Å². The molecule has 0 N–H and O–H groups in total. The molecule has 0 unspecified atom stereocenters. The van der Waals surface area contributed by atoms with Crippen molar-refractivity contribution in [3.05, 3.63) is 54.1 Å². The predicted octanol–water partition coefficient (Wildman–Crippen LogP) is 2.82. The molecule has 1 aromatic carbocycles. The topological polar surface area (TPSA) is 38.1 Å². The Bertz CT molecular complexity index is 700. The van der Waals surface area contributed by atoms with Crippen LogP contribution in [0.5, 0.6) is 0 Å². The molecule has 0 spiro atoms. The number of carbonyl (C=O) groups is 1. The van der Waals surface area contributed by atoms with Gasteiger partial charge in [-0.15, -0.1) is 0 Å². The van der Waals surface area contributed by atoms with Gasteiger partial charge in [0.25, 0.3) is 0 Å². The second-order valence-corrected chi connectivity index (χ2v) is 6.56. The molecule has 2 heterocycles. The summed E-state index contributed by atoms with van der Waals surface area (Å²) in [5.74, 6) is 0.214. The summed E-state index contributed by atoms with van der Waals surface area (Å²) in [6.07, 6.45) is 6.63. The highest BCUT2D eigenvalue weighted by Gasteiger charge is 2.47. The number of nitrogens with zero attached hydrogens (tertiary/aromatic N) is 3. The zero-order chi connectivity index (χ0) is 15.8. The molecule has 3 atom stereocenters. The molecular formula is C18H20FN3O. The van der Waals surface area contributed by atoms with Gasteiger partial charge in [-0.3, -0.25) is 9.48 Å². The van der Waals surface area contributed by atoms with Crippen molar-refractivity contribution in [3.63, 3.8) is 0 Å². The fraction of sp³-hybridized carbons (Fsp3) is 0.444. The second kappa shape index (κ2) is 5.80. The molecular weight excluding hydrogens is 293 g/mol. The van der Waals surface area contributed by atoms with E-state index < -0.39 is 0 Å². The van der Waals surface area contributed by atoms with Crippen molar-refractivity contribution in [2.45, 2.75) is 37.8 Å². The monoisotopic (exact) mass is 313 g/mol. The minimum Gasteiger partial charge on any atom is -0.338 e. The number of aromatic nitrogens is 2. The first-order chi connectivity index (χ1) is 11.2. The lowest BCUT2D eigenvalue weighted by Gasteiger charge is -2.25. The van der Waals surface area contributed by atoms with Crippen molar-refractivity contribution in [1.82, 2.24) is 14.7 Å². The lowest BCUT2D eigenvalue weighted by molar-refractivity contribution is -0.133. The first-order valence-electron chi connectivity index (χ1n) is 8.26. The van der Waals surface area contributed by atoms with Crippen LogP contribution >= 0.6 is 0 Å². The van der Waals surface area contributed by atoms with Crippen molar-refractivity contribution < 1.29 is 9.18 Å². The summed E-state index contributed by atoms with van der Waals surface area (Å²) in [6.45, 7) is 1.59. The van der Waals surface area contributed by atoms with Crippen molar-refractivity contribution in [3.8, 4) is 0 Å². The predicted molar refractivity (Wildman–Crippen MR) is 84.2 cm³/mol. The minimum atomic E-state index is -0.224. The number of amides is 1. The Morgan fingerprint density at radius 1 is 1.35 bits per heavy atom. The zero-order valence-corrected chi connectivity index (χ0v) is 12.9. The van der Waals surface area contributed by atoms with Crippen LogP contribution in [0.3, 0.4) is 0 Å². The van der Waals surface area contributed by atoms with Crippen LogP contribution in [0, 0.1) is 11.7 Å². The van der Waals surface area contributed by atoms with Crippen molar-refractivity contribution in [1.29, 1.82) is 0 Å². The molecule has 0 bridgehead atoms. The first kappa shape index (κ1) is 14.4. The number of halogens is 1. The van der Waals surface area contributed by atoms with Crippen LogP contribution in [0.25, 0.3) is 0 Å². The fourth-order valence-electron chi connectivity index (χ4n) is 3.73. The molecule has 2 aliphatic rings. The number of benzene rings is 1. The first-order valence-corrected chi connectivity index (χ1v) is 8.26. The molecule has 1 saturated carbocycles. The van der Waals surface area contributed by atoms with Gasteiger partial charge in [-0.2, -0.15) is 5.10 Å². The molecule has 1 aromatic heterocycles. The highest BCUT2D eigenvalue weighted by molar-refractivity contribution is 5.83. The number of carbonyl (C=O) groups excluding carboxylic acids is 1. The van der Waals surface area contributed by atoms with E-state index in [2.05, 4.69) is 5.10 Å². The summed E-state index contributed by atoms with van der Waals surface area (Å²) in [5, 5.41) is 4.24. The average Bonchev–Trinajstić information content (AvgIpc) is 2.94. The van der Waals surface area contributed by atoms with Crippen LogP contribution in [0.15, 0.2) is 42.7 Å². The van der Waals surface area contributed by atoms with E-state index in [1.54, 1.807) is 18.3 Å². The molecule has 23 heavy (non-hydrogen) atoms. The molecule has 2 aromatic rings. The van der Waals surface area contributed by atoms with Crippen molar-refractivity contribution in [2.75, 3.05) is 6.54 Å². The maximum absolute atomic E-state index is 13.4. The summed E-state index contributed by atoms with van der Waals surface area (Å²) in [5.41, 5.74) is 0.950. The second-order valence-electron chi connectivity index (χ2n) is 6.56. The minimum absolute atomic E-state index is 0.0232.